The number of rotatable bonds is 12. The zero-order valence-electron chi connectivity index (χ0n) is 11.7. The predicted octanol–water partition coefficient (Wildman–Crippen LogP) is 3.12. The first-order valence-corrected chi connectivity index (χ1v) is 7.00. The molecule has 0 atom stereocenters. The molecule has 0 aromatic carbocycles. The van der Waals surface area contributed by atoms with Crippen LogP contribution in [0.4, 0.5) is 0 Å². The molecule has 0 bridgehead atoms. The number of nitrogens with one attached hydrogen (secondary N) is 1. The Balaban J connectivity index is 3.29. The SMILES string of the molecule is CCC(=O)CCCCCCC(=O)NCCCN=[N+]=[N-]. The van der Waals surface area contributed by atoms with Gasteiger partial charge in [0, 0.05) is 37.3 Å². The standard InChI is InChI=1S/C13H24N4O2/c1-2-12(18)8-5-3-4-6-9-13(19)15-10-7-11-16-17-14/h2-11H2,1H3,(H,15,19). The first-order valence-electron chi connectivity index (χ1n) is 7.00. The first-order chi connectivity index (χ1) is 9.20. The highest BCUT2D eigenvalue weighted by Crippen LogP contribution is 2.06. The Bertz CT molecular complexity index is 312. The van der Waals surface area contributed by atoms with Crippen molar-refractivity contribution in [1.29, 1.82) is 0 Å². The molecule has 0 saturated carbocycles. The summed E-state index contributed by atoms with van der Waals surface area (Å²) in [5.41, 5.74) is 8.06. The van der Waals surface area contributed by atoms with Gasteiger partial charge in [0.1, 0.15) is 5.78 Å². The smallest absolute Gasteiger partial charge is 0.219 e. The van der Waals surface area contributed by atoms with Crippen molar-refractivity contribution < 1.29 is 9.59 Å². The molecule has 1 N–H and O–H groups in total. The van der Waals surface area contributed by atoms with E-state index in [1.165, 1.54) is 0 Å². The van der Waals surface area contributed by atoms with Gasteiger partial charge in [-0.25, -0.2) is 0 Å². The van der Waals surface area contributed by atoms with Crippen molar-refractivity contribution in [1.82, 2.24) is 5.32 Å². The van der Waals surface area contributed by atoms with E-state index in [-0.39, 0.29) is 5.91 Å². The fraction of sp³-hybridized carbons (Fsp3) is 0.846. The van der Waals surface area contributed by atoms with Gasteiger partial charge in [-0.15, -0.1) is 0 Å². The van der Waals surface area contributed by atoms with Crippen molar-refractivity contribution in [3.05, 3.63) is 10.4 Å². The van der Waals surface area contributed by atoms with Crippen LogP contribution in [0.5, 0.6) is 0 Å². The van der Waals surface area contributed by atoms with Crippen LogP contribution >= 0.6 is 0 Å². The van der Waals surface area contributed by atoms with Crippen LogP contribution in [0.2, 0.25) is 0 Å². The van der Waals surface area contributed by atoms with Crippen molar-refractivity contribution in [3.63, 3.8) is 0 Å². The summed E-state index contributed by atoms with van der Waals surface area (Å²) in [5.74, 6) is 0.364. The summed E-state index contributed by atoms with van der Waals surface area (Å²) in [5, 5.41) is 6.17. The largest absolute Gasteiger partial charge is 0.356 e. The van der Waals surface area contributed by atoms with E-state index in [1.807, 2.05) is 6.92 Å². The predicted molar refractivity (Wildman–Crippen MR) is 74.6 cm³/mol. The number of ketones is 1. The first kappa shape index (κ1) is 17.4. The second-order valence-electron chi connectivity index (χ2n) is 4.46. The van der Waals surface area contributed by atoms with E-state index < -0.39 is 0 Å². The molecule has 0 heterocycles. The normalized spacial score (nSPS) is 9.74. The van der Waals surface area contributed by atoms with E-state index in [0.29, 0.717) is 44.6 Å². The van der Waals surface area contributed by atoms with Crippen LogP contribution in [0.25, 0.3) is 10.4 Å². The van der Waals surface area contributed by atoms with E-state index in [0.717, 1.165) is 25.7 Å². The minimum atomic E-state index is 0.0468. The van der Waals surface area contributed by atoms with Gasteiger partial charge in [-0.05, 0) is 24.8 Å². The van der Waals surface area contributed by atoms with E-state index in [2.05, 4.69) is 15.3 Å². The fourth-order valence-electron chi connectivity index (χ4n) is 1.65. The second kappa shape index (κ2) is 12.9. The Labute approximate surface area is 114 Å². The molecular weight excluding hydrogens is 244 g/mol. The Morgan fingerprint density at radius 1 is 1.11 bits per heavy atom. The van der Waals surface area contributed by atoms with Crippen LogP contribution in [-0.4, -0.2) is 24.8 Å². The van der Waals surface area contributed by atoms with Crippen molar-refractivity contribution in [2.24, 2.45) is 5.11 Å². The Kier molecular flexibility index (Phi) is 11.8. The van der Waals surface area contributed by atoms with Gasteiger partial charge in [-0.3, -0.25) is 9.59 Å². The molecule has 108 valence electrons. The highest BCUT2D eigenvalue weighted by molar-refractivity contribution is 5.77. The molecule has 0 aromatic heterocycles. The lowest BCUT2D eigenvalue weighted by atomic mass is 10.1. The molecule has 0 aliphatic carbocycles. The highest BCUT2D eigenvalue weighted by Gasteiger charge is 2.01. The summed E-state index contributed by atoms with van der Waals surface area (Å²) in [6.45, 7) is 2.86. The molecule has 0 aliphatic rings. The molecule has 0 rings (SSSR count). The average molecular weight is 268 g/mol. The van der Waals surface area contributed by atoms with E-state index in [1.54, 1.807) is 0 Å². The van der Waals surface area contributed by atoms with Gasteiger partial charge < -0.3 is 5.32 Å². The number of azide groups is 1. The molecule has 0 aromatic rings. The van der Waals surface area contributed by atoms with E-state index in [9.17, 15) is 9.59 Å². The third kappa shape index (κ3) is 12.7. The molecule has 0 fully saturated rings. The Hall–Kier alpha value is -1.55. The molecule has 0 unspecified atom stereocenters. The summed E-state index contributed by atoms with van der Waals surface area (Å²) in [7, 11) is 0. The van der Waals surface area contributed by atoms with Gasteiger partial charge in [-0.1, -0.05) is 24.9 Å². The quantitative estimate of drug-likeness (QED) is 0.255. The molecule has 0 spiro atoms. The van der Waals surface area contributed by atoms with Gasteiger partial charge in [0.2, 0.25) is 5.91 Å². The van der Waals surface area contributed by atoms with Crippen LogP contribution in [-0.2, 0) is 9.59 Å². The van der Waals surface area contributed by atoms with Crippen LogP contribution in [0.3, 0.4) is 0 Å². The summed E-state index contributed by atoms with van der Waals surface area (Å²) in [6, 6.07) is 0. The lowest BCUT2D eigenvalue weighted by molar-refractivity contribution is -0.121. The van der Waals surface area contributed by atoms with Gasteiger partial charge in [-0.2, -0.15) is 0 Å². The van der Waals surface area contributed by atoms with Crippen molar-refractivity contribution in [2.45, 2.75) is 58.3 Å². The fourth-order valence-corrected chi connectivity index (χ4v) is 1.65. The third-order valence-electron chi connectivity index (χ3n) is 2.82. The Morgan fingerprint density at radius 2 is 1.79 bits per heavy atom. The molecule has 1 amide bonds. The molecule has 6 nitrogen and oxygen atoms in total. The molecule has 0 saturated heterocycles. The third-order valence-corrected chi connectivity index (χ3v) is 2.82. The summed E-state index contributed by atoms with van der Waals surface area (Å²) >= 11 is 0. The molecule has 0 radical (unpaired) electrons. The second-order valence-corrected chi connectivity index (χ2v) is 4.46. The van der Waals surface area contributed by atoms with Crippen molar-refractivity contribution in [3.8, 4) is 0 Å². The number of hydrogen-bond acceptors (Lipinski definition) is 3. The zero-order chi connectivity index (χ0) is 14.3. The molecule has 0 aliphatic heterocycles. The Morgan fingerprint density at radius 3 is 2.42 bits per heavy atom. The van der Waals surface area contributed by atoms with Crippen LogP contribution in [0, 0.1) is 0 Å². The molecule has 6 heteroatoms. The van der Waals surface area contributed by atoms with Crippen molar-refractivity contribution in [2.75, 3.05) is 13.1 Å². The summed E-state index contributed by atoms with van der Waals surface area (Å²) in [4.78, 5) is 25.1. The highest BCUT2D eigenvalue weighted by atomic mass is 16.1. The summed E-state index contributed by atoms with van der Waals surface area (Å²) < 4.78 is 0. The lowest BCUT2D eigenvalue weighted by Crippen LogP contribution is -2.24. The number of Topliss-reactive ketones (excluding diaryl/α,β-unsaturated/α-hetero) is 1. The number of nitrogens with zero attached hydrogens (tertiary/aromatic N) is 3. The van der Waals surface area contributed by atoms with E-state index >= 15 is 0 Å². The van der Waals surface area contributed by atoms with Crippen LogP contribution in [0.1, 0.15) is 58.3 Å². The topological polar surface area (TPSA) is 94.9 Å². The van der Waals surface area contributed by atoms with Gasteiger partial charge in [0.25, 0.3) is 0 Å². The number of unbranched alkanes of at least 4 members (excludes halogenated alkanes) is 3. The number of amides is 1. The van der Waals surface area contributed by atoms with Crippen LogP contribution < -0.4 is 5.32 Å². The maximum atomic E-state index is 11.4. The number of hydrogen-bond donors (Lipinski definition) is 1. The van der Waals surface area contributed by atoms with E-state index in [4.69, 9.17) is 5.53 Å². The monoisotopic (exact) mass is 268 g/mol. The number of carbonyl (C=O) groups is 2. The molecular formula is C13H24N4O2. The minimum absolute atomic E-state index is 0.0468. The number of carbonyl (C=O) groups excluding carboxylic acids is 2. The maximum Gasteiger partial charge on any atom is 0.219 e. The molecule has 19 heavy (non-hydrogen) atoms. The lowest BCUT2D eigenvalue weighted by Gasteiger charge is -2.04. The summed E-state index contributed by atoms with van der Waals surface area (Å²) in [6.07, 6.45) is 6.29. The maximum absolute atomic E-state index is 11.4. The van der Waals surface area contributed by atoms with Crippen molar-refractivity contribution >= 4 is 11.7 Å². The van der Waals surface area contributed by atoms with Gasteiger partial charge in [0.05, 0.1) is 0 Å². The average Bonchev–Trinajstić information content (AvgIpc) is 2.42. The zero-order valence-corrected chi connectivity index (χ0v) is 11.7. The van der Waals surface area contributed by atoms with Crippen LogP contribution in [0.15, 0.2) is 5.11 Å². The van der Waals surface area contributed by atoms with Gasteiger partial charge in [0.15, 0.2) is 0 Å². The minimum Gasteiger partial charge on any atom is -0.356 e. The van der Waals surface area contributed by atoms with Gasteiger partial charge >= 0.3 is 0 Å².